The zero-order valence-corrected chi connectivity index (χ0v) is 11.8. The molecule has 1 aromatic heterocycles. The number of fused-ring (bicyclic) bond motifs is 1. The van der Waals surface area contributed by atoms with Gasteiger partial charge in [-0.1, -0.05) is 11.6 Å². The largest absolute Gasteiger partial charge is 0.335 e. The molecule has 0 spiro atoms. The Kier molecular flexibility index (Phi) is 3.08. The van der Waals surface area contributed by atoms with Crippen molar-refractivity contribution in [3.63, 3.8) is 0 Å². The van der Waals surface area contributed by atoms with Crippen LogP contribution in [0.4, 0.5) is 0 Å². The Labute approximate surface area is 117 Å². The summed E-state index contributed by atoms with van der Waals surface area (Å²) in [6.45, 7) is 3.99. The topological polar surface area (TPSA) is 53.2 Å². The summed E-state index contributed by atoms with van der Waals surface area (Å²) in [6, 6.07) is 8.16. The molecule has 1 saturated carbocycles. The van der Waals surface area contributed by atoms with Crippen LogP contribution in [0.5, 0.6) is 0 Å². The Morgan fingerprint density at radius 3 is 2.75 bits per heavy atom. The number of nitrogens with zero attached hydrogens (tertiary/aromatic N) is 1. The lowest BCUT2D eigenvalue weighted by molar-refractivity contribution is -0.130. The van der Waals surface area contributed by atoms with E-state index in [2.05, 4.69) is 4.98 Å². The van der Waals surface area contributed by atoms with Crippen molar-refractivity contribution < 1.29 is 4.79 Å². The molecule has 4 heteroatoms. The van der Waals surface area contributed by atoms with Gasteiger partial charge in [0.25, 0.3) is 5.56 Å². The number of carbonyl (C=O) groups excluding carboxylic acids is 1. The van der Waals surface area contributed by atoms with Gasteiger partial charge in [-0.05, 0) is 43.4 Å². The molecule has 1 amide bonds. The summed E-state index contributed by atoms with van der Waals surface area (Å²) in [7, 11) is 0. The molecule has 3 rings (SSSR count). The predicted molar refractivity (Wildman–Crippen MR) is 78.6 cm³/mol. The molecular formula is C16H18N2O2. The predicted octanol–water partition coefficient (Wildman–Crippen LogP) is 2.35. The van der Waals surface area contributed by atoms with Gasteiger partial charge in [0.05, 0.1) is 6.54 Å². The van der Waals surface area contributed by atoms with Crippen LogP contribution >= 0.6 is 0 Å². The monoisotopic (exact) mass is 270 g/mol. The Hall–Kier alpha value is -2.10. The molecule has 1 aromatic carbocycles. The number of pyridine rings is 1. The second kappa shape index (κ2) is 4.78. The van der Waals surface area contributed by atoms with Crippen LogP contribution in [0.25, 0.3) is 10.9 Å². The van der Waals surface area contributed by atoms with Crippen molar-refractivity contribution in [1.29, 1.82) is 0 Å². The number of aryl methyl sites for hydroxylation is 1. The minimum absolute atomic E-state index is 0.0382. The average Bonchev–Trinajstić information content (AvgIpc) is 3.20. The maximum absolute atomic E-state index is 12.1. The van der Waals surface area contributed by atoms with Crippen molar-refractivity contribution in [2.24, 2.45) is 0 Å². The highest BCUT2D eigenvalue weighted by Gasteiger charge is 2.31. The minimum atomic E-state index is -0.103. The summed E-state index contributed by atoms with van der Waals surface area (Å²) in [5, 5.41) is 1.01. The molecule has 0 unspecified atom stereocenters. The van der Waals surface area contributed by atoms with Gasteiger partial charge < -0.3 is 9.88 Å². The van der Waals surface area contributed by atoms with E-state index < -0.39 is 0 Å². The highest BCUT2D eigenvalue weighted by molar-refractivity contribution is 5.80. The number of aromatic nitrogens is 1. The third kappa shape index (κ3) is 2.46. The average molecular weight is 270 g/mol. The van der Waals surface area contributed by atoms with Gasteiger partial charge in [0, 0.05) is 24.0 Å². The Balaban J connectivity index is 2.00. The highest BCUT2D eigenvalue weighted by Crippen LogP contribution is 2.28. The molecule has 104 valence electrons. The minimum Gasteiger partial charge on any atom is -0.335 e. The summed E-state index contributed by atoms with van der Waals surface area (Å²) in [5.41, 5.74) is 2.55. The van der Waals surface area contributed by atoms with E-state index in [4.69, 9.17) is 0 Å². The molecule has 0 aliphatic heterocycles. The first-order valence-corrected chi connectivity index (χ1v) is 6.94. The van der Waals surface area contributed by atoms with E-state index in [0.717, 1.165) is 29.3 Å². The lowest BCUT2D eigenvalue weighted by Crippen LogP contribution is -2.32. The Bertz CT molecular complexity index is 729. The van der Waals surface area contributed by atoms with E-state index in [0.29, 0.717) is 18.2 Å². The fraction of sp³-hybridized carbons (Fsp3) is 0.375. The fourth-order valence-electron chi connectivity index (χ4n) is 2.56. The summed E-state index contributed by atoms with van der Waals surface area (Å²) in [4.78, 5) is 28.5. The second-order valence-electron chi connectivity index (χ2n) is 5.59. The number of carbonyl (C=O) groups is 1. The molecule has 0 saturated heterocycles. The zero-order valence-electron chi connectivity index (χ0n) is 11.8. The van der Waals surface area contributed by atoms with Crippen LogP contribution in [0.15, 0.2) is 29.1 Å². The molecule has 20 heavy (non-hydrogen) atoms. The van der Waals surface area contributed by atoms with Crippen LogP contribution in [-0.4, -0.2) is 21.8 Å². The van der Waals surface area contributed by atoms with Crippen LogP contribution in [-0.2, 0) is 11.3 Å². The number of aromatic amines is 1. The van der Waals surface area contributed by atoms with E-state index in [-0.39, 0.29) is 11.5 Å². The van der Waals surface area contributed by atoms with E-state index in [1.807, 2.05) is 31.2 Å². The number of hydrogen-bond acceptors (Lipinski definition) is 2. The normalized spacial score (nSPS) is 14.5. The van der Waals surface area contributed by atoms with Crippen molar-refractivity contribution in [3.8, 4) is 0 Å². The van der Waals surface area contributed by atoms with Crippen LogP contribution in [0.2, 0.25) is 0 Å². The van der Waals surface area contributed by atoms with Crippen LogP contribution in [0.3, 0.4) is 0 Å². The first-order valence-electron chi connectivity index (χ1n) is 6.94. The van der Waals surface area contributed by atoms with Crippen LogP contribution < -0.4 is 5.56 Å². The van der Waals surface area contributed by atoms with Crippen LogP contribution in [0.1, 0.15) is 30.9 Å². The van der Waals surface area contributed by atoms with Gasteiger partial charge in [-0.25, -0.2) is 0 Å². The van der Waals surface area contributed by atoms with Gasteiger partial charge in [-0.3, -0.25) is 9.59 Å². The molecule has 0 atom stereocenters. The summed E-state index contributed by atoms with van der Waals surface area (Å²) < 4.78 is 0. The number of hydrogen-bond donors (Lipinski definition) is 1. The Morgan fingerprint density at radius 2 is 2.10 bits per heavy atom. The van der Waals surface area contributed by atoms with Gasteiger partial charge in [0.2, 0.25) is 5.91 Å². The van der Waals surface area contributed by atoms with E-state index in [9.17, 15) is 9.59 Å². The molecule has 1 heterocycles. The third-order valence-electron chi connectivity index (χ3n) is 3.81. The zero-order chi connectivity index (χ0) is 14.3. The molecule has 4 nitrogen and oxygen atoms in total. The Morgan fingerprint density at radius 1 is 1.35 bits per heavy atom. The number of nitrogens with one attached hydrogen (secondary N) is 1. The van der Waals surface area contributed by atoms with Crippen molar-refractivity contribution >= 4 is 16.8 Å². The van der Waals surface area contributed by atoms with Crippen molar-refractivity contribution in [3.05, 3.63) is 45.7 Å². The number of benzene rings is 1. The first kappa shape index (κ1) is 12.9. The van der Waals surface area contributed by atoms with Crippen LogP contribution in [0, 0.1) is 6.92 Å². The van der Waals surface area contributed by atoms with Gasteiger partial charge in [-0.2, -0.15) is 0 Å². The molecule has 1 N–H and O–H groups in total. The van der Waals surface area contributed by atoms with Crippen molar-refractivity contribution in [1.82, 2.24) is 9.88 Å². The molecule has 1 fully saturated rings. The van der Waals surface area contributed by atoms with Crippen molar-refractivity contribution in [2.75, 3.05) is 0 Å². The van der Waals surface area contributed by atoms with Gasteiger partial charge in [0.1, 0.15) is 0 Å². The van der Waals surface area contributed by atoms with Gasteiger partial charge in [-0.15, -0.1) is 0 Å². The van der Waals surface area contributed by atoms with Gasteiger partial charge in [0.15, 0.2) is 0 Å². The number of amides is 1. The molecule has 1 aliphatic carbocycles. The number of rotatable bonds is 3. The molecule has 2 aromatic rings. The summed E-state index contributed by atoms with van der Waals surface area (Å²) in [6.07, 6.45) is 2.09. The first-order chi connectivity index (χ1) is 9.54. The van der Waals surface area contributed by atoms with E-state index in [1.165, 1.54) is 0 Å². The maximum Gasteiger partial charge on any atom is 0.253 e. The molecular weight excluding hydrogens is 252 g/mol. The van der Waals surface area contributed by atoms with Gasteiger partial charge >= 0.3 is 0 Å². The highest BCUT2D eigenvalue weighted by atomic mass is 16.2. The summed E-state index contributed by atoms with van der Waals surface area (Å²) >= 11 is 0. The smallest absolute Gasteiger partial charge is 0.253 e. The quantitative estimate of drug-likeness (QED) is 0.930. The third-order valence-corrected chi connectivity index (χ3v) is 3.81. The molecule has 0 bridgehead atoms. The summed E-state index contributed by atoms with van der Waals surface area (Å²) in [5.74, 6) is 0.0382. The maximum atomic E-state index is 12.1. The lowest BCUT2D eigenvalue weighted by atomic mass is 10.1. The lowest BCUT2D eigenvalue weighted by Gasteiger charge is -2.20. The van der Waals surface area contributed by atoms with E-state index in [1.54, 1.807) is 11.8 Å². The molecule has 1 aliphatic rings. The molecule has 0 radical (unpaired) electrons. The fourth-order valence-corrected chi connectivity index (χ4v) is 2.56. The van der Waals surface area contributed by atoms with Crippen molar-refractivity contribution in [2.45, 2.75) is 39.3 Å². The SMILES string of the molecule is CC(=O)N(Cc1cc2cc(C)ccc2[nH]c1=O)C1CC1. The standard InChI is InChI=1S/C16H18N2O2/c1-10-3-6-15-12(7-10)8-13(16(20)17-15)9-18(11(2)19)14-4-5-14/h3,6-8,14H,4-5,9H2,1-2H3,(H,17,20). The number of H-pyrrole nitrogens is 1. The van der Waals surface area contributed by atoms with E-state index >= 15 is 0 Å². The second-order valence-corrected chi connectivity index (χ2v) is 5.59.